The van der Waals surface area contributed by atoms with Crippen LogP contribution in [0.25, 0.3) is 4.85 Å². The molecule has 0 aromatic rings. The summed E-state index contributed by atoms with van der Waals surface area (Å²) in [4.78, 5) is 4.46. The summed E-state index contributed by atoms with van der Waals surface area (Å²) in [7, 11) is 0. The molecule has 0 aromatic heterocycles. The monoisotopic (exact) mass is 240 g/mol. The van der Waals surface area contributed by atoms with Crippen molar-refractivity contribution in [3.63, 3.8) is 0 Å². The minimum Gasteiger partial charge on any atom is -0.366 e. The SMILES string of the molecule is CC#[N+]C(C)(C)C(O[C@@H](C)C(C)C)C(C)(C)C. The van der Waals surface area contributed by atoms with Crippen LogP contribution in [0.15, 0.2) is 0 Å². The van der Waals surface area contributed by atoms with Gasteiger partial charge in [0, 0.05) is 13.8 Å². The van der Waals surface area contributed by atoms with E-state index in [0.29, 0.717) is 5.92 Å². The molecule has 0 aliphatic carbocycles. The molecule has 0 bridgehead atoms. The van der Waals surface area contributed by atoms with Crippen molar-refractivity contribution in [2.75, 3.05) is 0 Å². The summed E-state index contributed by atoms with van der Waals surface area (Å²) in [5.74, 6) is 0.519. The van der Waals surface area contributed by atoms with Gasteiger partial charge in [0.1, 0.15) is 6.10 Å². The number of ether oxygens (including phenoxy) is 1. The molecule has 2 nitrogen and oxygen atoms in total. The summed E-state index contributed by atoms with van der Waals surface area (Å²) in [6.45, 7) is 19.2. The van der Waals surface area contributed by atoms with Gasteiger partial charge in [-0.1, -0.05) is 39.5 Å². The van der Waals surface area contributed by atoms with Crippen molar-refractivity contribution in [3.8, 4) is 6.07 Å². The Morgan fingerprint density at radius 2 is 1.47 bits per heavy atom. The van der Waals surface area contributed by atoms with Gasteiger partial charge in [0.25, 0.3) is 6.07 Å². The van der Waals surface area contributed by atoms with E-state index in [4.69, 9.17) is 4.74 Å². The van der Waals surface area contributed by atoms with E-state index in [-0.39, 0.29) is 23.2 Å². The van der Waals surface area contributed by atoms with Crippen molar-refractivity contribution in [2.45, 2.75) is 80.1 Å². The molecule has 2 heteroatoms. The Kier molecular flexibility index (Phi) is 5.68. The Morgan fingerprint density at radius 3 is 1.76 bits per heavy atom. The second-order valence-electron chi connectivity index (χ2n) is 6.82. The number of nitrogens with zero attached hydrogens (tertiary/aromatic N) is 1. The molecule has 0 heterocycles. The van der Waals surface area contributed by atoms with Gasteiger partial charge < -0.3 is 4.74 Å². The highest BCUT2D eigenvalue weighted by molar-refractivity contribution is 5.06. The highest BCUT2D eigenvalue weighted by Crippen LogP contribution is 2.35. The summed E-state index contributed by atoms with van der Waals surface area (Å²) in [6, 6.07) is 2.91. The molecular formula is C15H30NO+. The number of rotatable bonds is 4. The topological polar surface area (TPSA) is 13.6 Å². The minimum absolute atomic E-state index is 0.0625. The lowest BCUT2D eigenvalue weighted by Crippen LogP contribution is -2.47. The summed E-state index contributed by atoms with van der Waals surface area (Å²) < 4.78 is 6.26. The van der Waals surface area contributed by atoms with Crippen LogP contribution in [-0.2, 0) is 4.74 Å². The zero-order chi connectivity index (χ0) is 13.9. The van der Waals surface area contributed by atoms with Crippen LogP contribution in [0.2, 0.25) is 0 Å². The van der Waals surface area contributed by atoms with Gasteiger partial charge in [-0.3, -0.25) is 0 Å². The van der Waals surface area contributed by atoms with E-state index in [2.05, 4.69) is 66.3 Å². The van der Waals surface area contributed by atoms with Gasteiger partial charge in [-0.15, -0.1) is 0 Å². The second kappa shape index (κ2) is 5.87. The predicted molar refractivity (Wildman–Crippen MR) is 75.6 cm³/mol. The van der Waals surface area contributed by atoms with Crippen LogP contribution in [0.3, 0.4) is 0 Å². The lowest BCUT2D eigenvalue weighted by atomic mass is 9.78. The number of hydrogen-bond acceptors (Lipinski definition) is 1. The quantitative estimate of drug-likeness (QED) is 0.700. The predicted octanol–water partition coefficient (Wildman–Crippen LogP) is 4.59. The van der Waals surface area contributed by atoms with Crippen LogP contribution in [-0.4, -0.2) is 17.7 Å². The molecule has 0 aromatic carbocycles. The van der Waals surface area contributed by atoms with E-state index < -0.39 is 0 Å². The maximum absolute atomic E-state index is 6.26. The van der Waals surface area contributed by atoms with E-state index in [9.17, 15) is 0 Å². The molecule has 0 spiro atoms. The third-order valence-corrected chi connectivity index (χ3v) is 3.12. The van der Waals surface area contributed by atoms with Crippen molar-refractivity contribution >= 4 is 0 Å². The van der Waals surface area contributed by atoms with Gasteiger partial charge in [-0.25, -0.2) is 0 Å². The van der Waals surface area contributed by atoms with Gasteiger partial charge in [0.05, 0.1) is 13.0 Å². The molecule has 100 valence electrons. The van der Waals surface area contributed by atoms with Crippen molar-refractivity contribution in [2.24, 2.45) is 11.3 Å². The van der Waals surface area contributed by atoms with E-state index >= 15 is 0 Å². The van der Waals surface area contributed by atoms with Crippen LogP contribution < -0.4 is 0 Å². The molecule has 0 fully saturated rings. The maximum atomic E-state index is 6.26. The maximum Gasteiger partial charge on any atom is 0.301 e. The molecule has 2 atom stereocenters. The van der Waals surface area contributed by atoms with Crippen molar-refractivity contribution in [3.05, 3.63) is 4.85 Å². The van der Waals surface area contributed by atoms with Crippen LogP contribution >= 0.6 is 0 Å². The first-order chi connectivity index (χ1) is 7.52. The van der Waals surface area contributed by atoms with Crippen molar-refractivity contribution < 1.29 is 4.74 Å². The molecule has 0 N–H and O–H groups in total. The van der Waals surface area contributed by atoms with Crippen LogP contribution in [0.5, 0.6) is 0 Å². The van der Waals surface area contributed by atoms with Crippen LogP contribution in [0.4, 0.5) is 0 Å². The molecule has 0 rings (SSSR count). The summed E-state index contributed by atoms with van der Waals surface area (Å²) in [5, 5.41) is 0. The van der Waals surface area contributed by atoms with Crippen molar-refractivity contribution in [1.29, 1.82) is 0 Å². The van der Waals surface area contributed by atoms with Crippen LogP contribution in [0.1, 0.15) is 62.3 Å². The largest absolute Gasteiger partial charge is 0.366 e. The van der Waals surface area contributed by atoms with Crippen molar-refractivity contribution in [1.82, 2.24) is 0 Å². The lowest BCUT2D eigenvalue weighted by Gasteiger charge is -2.36. The Hall–Kier alpha value is -0.550. The average Bonchev–Trinajstić information content (AvgIpc) is 2.11. The fourth-order valence-electron chi connectivity index (χ4n) is 2.15. The highest BCUT2D eigenvalue weighted by Gasteiger charge is 2.48. The zero-order valence-corrected chi connectivity index (χ0v) is 13.1. The van der Waals surface area contributed by atoms with Gasteiger partial charge in [0.15, 0.2) is 0 Å². The third-order valence-electron chi connectivity index (χ3n) is 3.12. The lowest BCUT2D eigenvalue weighted by molar-refractivity contribution is -0.0973. The summed E-state index contributed by atoms with van der Waals surface area (Å²) in [6.07, 6.45) is 0.324. The molecule has 17 heavy (non-hydrogen) atoms. The Balaban J connectivity index is 5.08. The molecule has 0 saturated heterocycles. The second-order valence-corrected chi connectivity index (χ2v) is 6.82. The Morgan fingerprint density at radius 1 is 1.00 bits per heavy atom. The smallest absolute Gasteiger partial charge is 0.301 e. The van der Waals surface area contributed by atoms with E-state index in [1.807, 2.05) is 6.92 Å². The van der Waals surface area contributed by atoms with E-state index in [1.54, 1.807) is 0 Å². The fourth-order valence-corrected chi connectivity index (χ4v) is 2.15. The average molecular weight is 240 g/mol. The van der Waals surface area contributed by atoms with Gasteiger partial charge >= 0.3 is 5.54 Å². The van der Waals surface area contributed by atoms with Gasteiger partial charge in [-0.05, 0) is 18.3 Å². The summed E-state index contributed by atoms with van der Waals surface area (Å²) in [5.41, 5.74) is -0.177. The molecular weight excluding hydrogens is 210 g/mol. The Bertz CT molecular complexity index is 288. The minimum atomic E-state index is -0.240. The molecule has 0 radical (unpaired) electrons. The first-order valence-electron chi connectivity index (χ1n) is 6.56. The van der Waals surface area contributed by atoms with Gasteiger partial charge in [0.2, 0.25) is 0 Å². The molecule has 0 aliphatic rings. The molecule has 0 saturated carbocycles. The highest BCUT2D eigenvalue weighted by atomic mass is 16.5. The first-order valence-corrected chi connectivity index (χ1v) is 6.56. The fraction of sp³-hybridized carbons (Fsp3) is 0.933. The summed E-state index contributed by atoms with van der Waals surface area (Å²) >= 11 is 0. The van der Waals surface area contributed by atoms with E-state index in [0.717, 1.165) is 0 Å². The standard InChI is InChI=1S/C15H30NO/c1-10-16-15(8,9)13(14(5,6)7)17-12(4)11(2)3/h11-13H,1-9H3/q+1/t12-,13?/m0/s1. The number of hydrogen-bond donors (Lipinski definition) is 0. The third kappa shape index (κ3) is 5.08. The first kappa shape index (κ1) is 16.4. The normalized spacial score (nSPS) is 16.4. The molecule has 0 aliphatic heterocycles. The Labute approximate surface area is 108 Å². The van der Waals surface area contributed by atoms with Crippen LogP contribution in [0, 0.1) is 17.4 Å². The zero-order valence-electron chi connectivity index (χ0n) is 13.1. The van der Waals surface area contributed by atoms with E-state index in [1.165, 1.54) is 0 Å². The molecule has 0 amide bonds. The van der Waals surface area contributed by atoms with Gasteiger partial charge in [-0.2, -0.15) is 0 Å². The molecule has 1 unspecified atom stereocenters.